The summed E-state index contributed by atoms with van der Waals surface area (Å²) in [7, 11) is 0. The van der Waals surface area contributed by atoms with E-state index in [1.54, 1.807) is 18.2 Å². The molecule has 2 aromatic carbocycles. The average Bonchev–Trinajstić information content (AvgIpc) is 3.32. The number of hydrogen-bond acceptors (Lipinski definition) is 7. The molecule has 6 rings (SSSR count). The summed E-state index contributed by atoms with van der Waals surface area (Å²) in [4.78, 5) is 17.9. The molecule has 1 aliphatic heterocycles. The Morgan fingerprint density at radius 3 is 2.58 bits per heavy atom. The van der Waals surface area contributed by atoms with Crippen molar-refractivity contribution in [3.05, 3.63) is 68.7 Å². The van der Waals surface area contributed by atoms with E-state index in [1.165, 1.54) is 17.4 Å². The van der Waals surface area contributed by atoms with E-state index in [9.17, 15) is 19.4 Å². The van der Waals surface area contributed by atoms with Crippen LogP contribution in [0.15, 0.2) is 41.7 Å². The summed E-state index contributed by atoms with van der Waals surface area (Å²) >= 11 is 14.0. The van der Waals surface area contributed by atoms with Gasteiger partial charge in [-0.15, -0.1) is 0 Å². The lowest BCUT2D eigenvalue weighted by molar-refractivity contribution is 0.0390. The number of anilines is 1. The van der Waals surface area contributed by atoms with Gasteiger partial charge in [-0.05, 0) is 49.9 Å². The summed E-state index contributed by atoms with van der Waals surface area (Å²) < 4.78 is 21.3. The first-order valence-electron chi connectivity index (χ1n) is 12.4. The third-order valence-corrected chi connectivity index (χ3v) is 9.31. The van der Waals surface area contributed by atoms with Gasteiger partial charge in [-0.1, -0.05) is 40.6 Å². The van der Waals surface area contributed by atoms with E-state index in [1.807, 2.05) is 0 Å². The SMILES string of the molecule is N=C(/C(COC1CC2CC1CN2c1nc2c(F)cc(C(=O)O)cc2s1)=C(\O)C1CC1)c1c(Cl)cccc1Cl. The molecule has 2 saturated carbocycles. The third kappa shape index (κ3) is 4.55. The molecule has 2 heterocycles. The highest BCUT2D eigenvalue weighted by molar-refractivity contribution is 7.22. The van der Waals surface area contributed by atoms with E-state index < -0.39 is 11.8 Å². The van der Waals surface area contributed by atoms with Gasteiger partial charge < -0.3 is 19.8 Å². The van der Waals surface area contributed by atoms with Crippen LogP contribution in [0.1, 0.15) is 41.6 Å². The van der Waals surface area contributed by atoms with Crippen molar-refractivity contribution in [3.63, 3.8) is 0 Å². The minimum absolute atomic E-state index is 0.0341. The number of carbonyl (C=O) groups is 1. The van der Waals surface area contributed by atoms with Crippen LogP contribution in [-0.4, -0.2) is 52.2 Å². The number of rotatable bonds is 8. The van der Waals surface area contributed by atoms with Gasteiger partial charge in [-0.3, -0.25) is 5.41 Å². The molecule has 3 aromatic rings. The normalized spacial score (nSPS) is 23.2. The minimum Gasteiger partial charge on any atom is -0.512 e. The fourth-order valence-electron chi connectivity index (χ4n) is 5.52. The number of carboxylic acids is 1. The van der Waals surface area contributed by atoms with Crippen molar-refractivity contribution in [1.82, 2.24) is 4.98 Å². The van der Waals surface area contributed by atoms with Crippen molar-refractivity contribution in [2.24, 2.45) is 11.8 Å². The molecule has 1 aromatic heterocycles. The zero-order valence-electron chi connectivity index (χ0n) is 20.1. The van der Waals surface area contributed by atoms with Crippen LogP contribution in [0.5, 0.6) is 0 Å². The first kappa shape index (κ1) is 25.6. The van der Waals surface area contributed by atoms with Gasteiger partial charge in [-0.25, -0.2) is 14.2 Å². The van der Waals surface area contributed by atoms with Gasteiger partial charge >= 0.3 is 5.97 Å². The Kier molecular flexibility index (Phi) is 6.58. The maximum Gasteiger partial charge on any atom is 0.335 e. The maximum atomic E-state index is 14.5. The first-order valence-corrected chi connectivity index (χ1v) is 14.0. The highest BCUT2D eigenvalue weighted by atomic mass is 35.5. The predicted octanol–water partition coefficient (Wildman–Crippen LogP) is 6.71. The molecule has 11 heteroatoms. The van der Waals surface area contributed by atoms with Crippen LogP contribution in [0.25, 0.3) is 10.2 Å². The number of piperidine rings is 1. The summed E-state index contributed by atoms with van der Waals surface area (Å²) in [6, 6.07) is 7.69. The second-order valence-corrected chi connectivity index (χ2v) is 11.9. The van der Waals surface area contributed by atoms with Crippen molar-refractivity contribution in [2.75, 3.05) is 18.1 Å². The summed E-state index contributed by atoms with van der Waals surface area (Å²) in [6.45, 7) is 0.769. The van der Waals surface area contributed by atoms with Crippen LogP contribution in [0, 0.1) is 23.1 Å². The molecule has 3 aliphatic rings. The summed E-state index contributed by atoms with van der Waals surface area (Å²) in [5.41, 5.74) is 0.969. The number of nitrogens with one attached hydrogen (secondary N) is 1. The van der Waals surface area contributed by atoms with Crippen molar-refractivity contribution in [1.29, 1.82) is 5.41 Å². The third-order valence-electron chi connectivity index (χ3n) is 7.64. The fraction of sp³-hybridized carbons (Fsp3) is 0.370. The number of benzene rings is 2. The summed E-state index contributed by atoms with van der Waals surface area (Å²) in [6.07, 6.45) is 3.32. The molecule has 3 fully saturated rings. The van der Waals surface area contributed by atoms with E-state index in [0.717, 1.165) is 31.7 Å². The Bertz CT molecular complexity index is 1480. The second kappa shape index (κ2) is 9.79. The molecule has 2 bridgehead atoms. The number of carboxylic acid groups (broad SMARTS) is 1. The largest absolute Gasteiger partial charge is 0.512 e. The average molecular weight is 576 g/mol. The number of halogens is 3. The van der Waals surface area contributed by atoms with Gasteiger partial charge in [0.15, 0.2) is 10.9 Å². The van der Waals surface area contributed by atoms with E-state index in [4.69, 9.17) is 33.3 Å². The number of hydrogen-bond donors (Lipinski definition) is 3. The lowest BCUT2D eigenvalue weighted by Crippen LogP contribution is -2.39. The lowest BCUT2D eigenvalue weighted by Gasteiger charge is -2.31. The molecule has 3 unspecified atom stereocenters. The molecular formula is C27H24Cl2FN3O4S. The molecule has 198 valence electrons. The Labute approximate surface area is 232 Å². The highest BCUT2D eigenvalue weighted by Crippen LogP contribution is 2.45. The van der Waals surface area contributed by atoms with Gasteiger partial charge in [0.25, 0.3) is 0 Å². The van der Waals surface area contributed by atoms with E-state index >= 15 is 0 Å². The fourth-order valence-corrected chi connectivity index (χ4v) is 7.21. The van der Waals surface area contributed by atoms with Crippen molar-refractivity contribution in [2.45, 2.75) is 37.8 Å². The lowest BCUT2D eigenvalue weighted by atomic mass is 9.99. The van der Waals surface area contributed by atoms with E-state index in [-0.39, 0.29) is 53.1 Å². The Morgan fingerprint density at radius 1 is 1.21 bits per heavy atom. The van der Waals surface area contributed by atoms with Gasteiger partial charge in [-0.2, -0.15) is 0 Å². The number of aliphatic hydroxyl groups excluding tert-OH is 1. The van der Waals surface area contributed by atoms with E-state index in [2.05, 4.69) is 9.88 Å². The zero-order valence-corrected chi connectivity index (χ0v) is 22.4. The smallest absolute Gasteiger partial charge is 0.335 e. The second-order valence-electron chi connectivity index (χ2n) is 10.1. The van der Waals surface area contributed by atoms with Crippen LogP contribution in [0.3, 0.4) is 0 Å². The van der Waals surface area contributed by atoms with Crippen LogP contribution < -0.4 is 4.90 Å². The molecular weight excluding hydrogens is 552 g/mol. The first-order chi connectivity index (χ1) is 18.2. The molecule has 38 heavy (non-hydrogen) atoms. The number of aromatic carboxylic acids is 1. The summed E-state index contributed by atoms with van der Waals surface area (Å²) in [5.74, 6) is -1.38. The van der Waals surface area contributed by atoms with Crippen molar-refractivity contribution in [3.8, 4) is 0 Å². The monoisotopic (exact) mass is 575 g/mol. The van der Waals surface area contributed by atoms with E-state index in [0.29, 0.717) is 37.6 Å². The molecule has 0 radical (unpaired) electrons. The number of aromatic nitrogens is 1. The van der Waals surface area contributed by atoms with Gasteiger partial charge in [0.2, 0.25) is 0 Å². The van der Waals surface area contributed by atoms with Gasteiger partial charge in [0.1, 0.15) is 11.3 Å². The zero-order chi connectivity index (χ0) is 26.7. The molecule has 0 spiro atoms. The van der Waals surface area contributed by atoms with Crippen molar-refractivity contribution < 1.29 is 24.1 Å². The topological polar surface area (TPSA) is 107 Å². The Hall–Kier alpha value is -2.72. The van der Waals surface area contributed by atoms with Crippen LogP contribution in [0.4, 0.5) is 9.52 Å². The number of thiazole rings is 1. The van der Waals surface area contributed by atoms with Crippen LogP contribution >= 0.6 is 34.5 Å². The molecule has 0 amide bonds. The van der Waals surface area contributed by atoms with Gasteiger partial charge in [0.05, 0.1) is 38.7 Å². The standard InChI is InChI=1S/C27H24Cl2FN3O4S/c28-17-2-1-3-18(29)22(17)23(31)16(25(34)12-4-5-12)11-37-20-9-15-6-14(20)10-33(15)27-32-24-19(30)7-13(26(35)36)8-21(24)38-27/h1-3,7-8,12,14-15,20,31,34H,4-6,9-11H2,(H,35,36)/b25-16-,31-23?. The predicted molar refractivity (Wildman–Crippen MR) is 146 cm³/mol. The number of fused-ring (bicyclic) bond motifs is 3. The molecule has 7 nitrogen and oxygen atoms in total. The quantitative estimate of drug-likeness (QED) is 0.203. The number of nitrogens with zero attached hydrogens (tertiary/aromatic N) is 2. The highest BCUT2D eigenvalue weighted by Gasteiger charge is 2.46. The van der Waals surface area contributed by atoms with Gasteiger partial charge in [0, 0.05) is 35.6 Å². The molecule has 3 atom stereocenters. The number of ether oxygens (including phenoxy) is 1. The maximum absolute atomic E-state index is 14.5. The van der Waals surface area contributed by atoms with Crippen LogP contribution in [0.2, 0.25) is 10.0 Å². The number of aliphatic hydroxyl groups is 1. The Morgan fingerprint density at radius 2 is 1.95 bits per heavy atom. The molecule has 1 saturated heterocycles. The minimum atomic E-state index is -1.17. The van der Waals surface area contributed by atoms with Crippen LogP contribution in [-0.2, 0) is 4.74 Å². The molecule has 3 N–H and O–H groups in total. The van der Waals surface area contributed by atoms with Crippen molar-refractivity contribution >= 4 is 61.6 Å². The summed E-state index contributed by atoms with van der Waals surface area (Å²) in [5, 5.41) is 30.3. The molecule has 2 aliphatic carbocycles. The Balaban J connectivity index is 1.17. The number of allylic oxidation sites excluding steroid dienone is 1.